The lowest BCUT2D eigenvalue weighted by Crippen LogP contribution is -2.07. The predicted octanol–water partition coefficient (Wildman–Crippen LogP) is 4.26. The van der Waals surface area contributed by atoms with Gasteiger partial charge in [0.15, 0.2) is 6.61 Å². The fourth-order valence-corrected chi connectivity index (χ4v) is 2.93. The number of aromatic nitrogens is 3. The van der Waals surface area contributed by atoms with Crippen molar-refractivity contribution in [2.24, 2.45) is 0 Å². The second-order valence-electron chi connectivity index (χ2n) is 6.23. The molecule has 2 heterocycles. The maximum Gasteiger partial charge on any atom is 0.339 e. The molecule has 0 unspecified atom stereocenters. The number of carbonyl (C=O) groups excluding carboxylic acids is 1. The zero-order valence-corrected chi connectivity index (χ0v) is 15.0. The van der Waals surface area contributed by atoms with Gasteiger partial charge in [-0.2, -0.15) is 4.98 Å². The van der Waals surface area contributed by atoms with Crippen LogP contribution in [0.2, 0.25) is 0 Å². The number of para-hydroxylation sites is 1. The molecule has 0 aliphatic heterocycles. The molecule has 0 amide bonds. The van der Waals surface area contributed by atoms with Gasteiger partial charge in [-0.05, 0) is 31.5 Å². The maximum absolute atomic E-state index is 12.6. The van der Waals surface area contributed by atoms with E-state index in [1.165, 1.54) is 0 Å². The van der Waals surface area contributed by atoms with Crippen molar-refractivity contribution in [2.75, 3.05) is 0 Å². The van der Waals surface area contributed by atoms with Crippen molar-refractivity contribution >= 4 is 16.9 Å². The number of hydrogen-bond donors (Lipinski definition) is 0. The Hall–Kier alpha value is -3.54. The molecule has 2 aromatic carbocycles. The number of ether oxygens (including phenoxy) is 1. The lowest BCUT2D eigenvalue weighted by atomic mass is 10.1. The van der Waals surface area contributed by atoms with Gasteiger partial charge in [-0.3, -0.25) is 4.98 Å². The highest BCUT2D eigenvalue weighted by Gasteiger charge is 2.16. The van der Waals surface area contributed by atoms with Gasteiger partial charge in [0.25, 0.3) is 5.89 Å². The number of nitrogens with zero attached hydrogens (tertiary/aromatic N) is 3. The number of aryl methyl sites for hydroxylation is 2. The van der Waals surface area contributed by atoms with Gasteiger partial charge in [-0.15, -0.1) is 0 Å². The average molecular weight is 359 g/mol. The molecule has 0 bridgehead atoms. The van der Waals surface area contributed by atoms with Crippen LogP contribution in [0.5, 0.6) is 0 Å². The Balaban J connectivity index is 1.53. The fourth-order valence-electron chi connectivity index (χ4n) is 2.93. The van der Waals surface area contributed by atoms with Gasteiger partial charge in [-0.1, -0.05) is 47.6 Å². The van der Waals surface area contributed by atoms with Crippen molar-refractivity contribution < 1.29 is 14.1 Å². The van der Waals surface area contributed by atoms with E-state index in [0.717, 1.165) is 27.7 Å². The summed E-state index contributed by atoms with van der Waals surface area (Å²) in [5, 5.41) is 4.72. The van der Waals surface area contributed by atoms with Gasteiger partial charge < -0.3 is 9.26 Å². The number of esters is 1. The summed E-state index contributed by atoms with van der Waals surface area (Å²) < 4.78 is 10.6. The van der Waals surface area contributed by atoms with Gasteiger partial charge in [-0.25, -0.2) is 4.79 Å². The molecule has 0 spiro atoms. The molecule has 6 heteroatoms. The first-order chi connectivity index (χ1) is 13.1. The Bertz CT molecular complexity index is 1130. The first-order valence-corrected chi connectivity index (χ1v) is 8.54. The molecule has 0 aliphatic carbocycles. The zero-order chi connectivity index (χ0) is 18.8. The third-order valence-corrected chi connectivity index (χ3v) is 4.24. The third-order valence-electron chi connectivity index (χ3n) is 4.24. The van der Waals surface area contributed by atoms with Crippen LogP contribution in [0.15, 0.2) is 59.1 Å². The van der Waals surface area contributed by atoms with Gasteiger partial charge in [0.05, 0.1) is 11.1 Å². The van der Waals surface area contributed by atoms with E-state index >= 15 is 0 Å². The Morgan fingerprint density at radius 1 is 1.04 bits per heavy atom. The van der Waals surface area contributed by atoms with Crippen molar-refractivity contribution in [2.45, 2.75) is 20.5 Å². The summed E-state index contributed by atoms with van der Waals surface area (Å²) in [6.07, 6.45) is 0. The van der Waals surface area contributed by atoms with Gasteiger partial charge in [0, 0.05) is 16.6 Å². The first kappa shape index (κ1) is 16.9. The zero-order valence-electron chi connectivity index (χ0n) is 15.0. The van der Waals surface area contributed by atoms with Crippen LogP contribution in [-0.4, -0.2) is 21.1 Å². The molecule has 0 fully saturated rings. The van der Waals surface area contributed by atoms with E-state index < -0.39 is 5.97 Å². The smallest absolute Gasteiger partial charge is 0.339 e. The van der Waals surface area contributed by atoms with Gasteiger partial charge in [0.2, 0.25) is 5.82 Å². The quantitative estimate of drug-likeness (QED) is 0.507. The summed E-state index contributed by atoms with van der Waals surface area (Å²) in [6.45, 7) is 3.73. The Morgan fingerprint density at radius 3 is 2.67 bits per heavy atom. The molecule has 0 saturated heterocycles. The lowest BCUT2D eigenvalue weighted by Gasteiger charge is -2.07. The van der Waals surface area contributed by atoms with Crippen LogP contribution in [0.3, 0.4) is 0 Å². The van der Waals surface area contributed by atoms with Crippen molar-refractivity contribution in [3.05, 3.63) is 77.3 Å². The van der Waals surface area contributed by atoms with E-state index in [0.29, 0.717) is 11.4 Å². The second kappa shape index (κ2) is 6.99. The summed E-state index contributed by atoms with van der Waals surface area (Å²) in [6, 6.07) is 16.9. The highest BCUT2D eigenvalue weighted by Crippen LogP contribution is 2.21. The second-order valence-corrected chi connectivity index (χ2v) is 6.23. The van der Waals surface area contributed by atoms with E-state index in [1.807, 2.05) is 62.4 Å². The number of rotatable bonds is 4. The molecule has 0 N–H and O–H groups in total. The van der Waals surface area contributed by atoms with E-state index in [-0.39, 0.29) is 12.5 Å². The van der Waals surface area contributed by atoms with Crippen LogP contribution in [0.4, 0.5) is 0 Å². The number of fused-ring (bicyclic) bond motifs is 1. The fraction of sp³-hybridized carbons (Fsp3) is 0.143. The lowest BCUT2D eigenvalue weighted by molar-refractivity contribution is 0.0432. The molecule has 6 nitrogen and oxygen atoms in total. The summed E-state index contributed by atoms with van der Waals surface area (Å²) >= 11 is 0. The molecular weight excluding hydrogens is 342 g/mol. The number of pyridine rings is 1. The molecule has 0 aliphatic rings. The standard InChI is InChI=1S/C21H17N3O3/c1-13-7-3-4-8-15(13)20-23-19(27-24-20)12-26-21(25)17-11-14(2)22-18-10-6-5-9-16(17)18/h3-11H,12H2,1-2H3. The van der Waals surface area contributed by atoms with Crippen LogP contribution in [0.25, 0.3) is 22.3 Å². The van der Waals surface area contributed by atoms with Crippen molar-refractivity contribution in [3.63, 3.8) is 0 Å². The molecule has 27 heavy (non-hydrogen) atoms. The monoisotopic (exact) mass is 359 g/mol. The number of hydrogen-bond acceptors (Lipinski definition) is 6. The SMILES string of the molecule is Cc1cc(C(=O)OCc2nc(-c3ccccc3C)no2)c2ccccc2n1. The summed E-state index contributed by atoms with van der Waals surface area (Å²) in [5.74, 6) is 0.272. The minimum atomic E-state index is -0.452. The Morgan fingerprint density at radius 2 is 1.81 bits per heavy atom. The van der Waals surface area contributed by atoms with Crippen LogP contribution >= 0.6 is 0 Å². The topological polar surface area (TPSA) is 78.1 Å². The molecular formula is C21H17N3O3. The van der Waals surface area contributed by atoms with Gasteiger partial charge in [0.1, 0.15) is 0 Å². The number of benzene rings is 2. The highest BCUT2D eigenvalue weighted by molar-refractivity contribution is 6.03. The van der Waals surface area contributed by atoms with Crippen molar-refractivity contribution in [1.29, 1.82) is 0 Å². The third kappa shape index (κ3) is 3.42. The van der Waals surface area contributed by atoms with E-state index in [9.17, 15) is 4.79 Å². The first-order valence-electron chi connectivity index (χ1n) is 8.54. The van der Waals surface area contributed by atoms with Crippen molar-refractivity contribution in [1.82, 2.24) is 15.1 Å². The van der Waals surface area contributed by atoms with E-state index in [4.69, 9.17) is 9.26 Å². The Labute approximate surface area is 155 Å². The van der Waals surface area contributed by atoms with E-state index in [2.05, 4.69) is 15.1 Å². The minimum absolute atomic E-state index is 0.0899. The number of carbonyl (C=O) groups is 1. The van der Waals surface area contributed by atoms with Crippen LogP contribution in [0, 0.1) is 13.8 Å². The summed E-state index contributed by atoms with van der Waals surface area (Å²) in [4.78, 5) is 21.3. The molecule has 2 aromatic heterocycles. The highest BCUT2D eigenvalue weighted by atomic mass is 16.6. The molecule has 134 valence electrons. The van der Waals surface area contributed by atoms with E-state index in [1.54, 1.807) is 6.07 Å². The molecule has 4 rings (SSSR count). The van der Waals surface area contributed by atoms with Crippen LogP contribution < -0.4 is 0 Å². The molecule has 0 atom stereocenters. The summed E-state index contributed by atoms with van der Waals surface area (Å²) in [7, 11) is 0. The predicted molar refractivity (Wildman–Crippen MR) is 100 cm³/mol. The maximum atomic E-state index is 12.6. The molecule has 0 saturated carbocycles. The normalized spacial score (nSPS) is 10.9. The Kier molecular flexibility index (Phi) is 4.38. The van der Waals surface area contributed by atoms with Crippen LogP contribution in [0.1, 0.15) is 27.5 Å². The summed E-state index contributed by atoms with van der Waals surface area (Å²) in [5.41, 5.74) is 3.90. The average Bonchev–Trinajstić information content (AvgIpc) is 3.14. The molecule has 4 aromatic rings. The minimum Gasteiger partial charge on any atom is -0.452 e. The van der Waals surface area contributed by atoms with Gasteiger partial charge >= 0.3 is 5.97 Å². The van der Waals surface area contributed by atoms with Crippen molar-refractivity contribution in [3.8, 4) is 11.4 Å². The van der Waals surface area contributed by atoms with Crippen LogP contribution in [-0.2, 0) is 11.3 Å². The molecule has 0 radical (unpaired) electrons. The largest absolute Gasteiger partial charge is 0.452 e.